The lowest BCUT2D eigenvalue weighted by Crippen LogP contribution is -2.33. The lowest BCUT2D eigenvalue weighted by Gasteiger charge is -2.19. The highest BCUT2D eigenvalue weighted by Gasteiger charge is 2.41. The van der Waals surface area contributed by atoms with E-state index in [1.54, 1.807) is 5.06 Å². The van der Waals surface area contributed by atoms with Gasteiger partial charge in [0.1, 0.15) is 0 Å². The number of nitrogens with zero attached hydrogens (tertiary/aromatic N) is 2. The lowest BCUT2D eigenvalue weighted by atomic mass is 10.1. The second-order valence-electron chi connectivity index (χ2n) is 3.99. The summed E-state index contributed by atoms with van der Waals surface area (Å²) in [7, 11) is 3.44. The molecule has 14 heavy (non-hydrogen) atoms. The molecule has 2 saturated heterocycles. The van der Waals surface area contributed by atoms with Gasteiger partial charge in [0.15, 0.2) is 0 Å². The zero-order valence-corrected chi connectivity index (χ0v) is 8.60. The second-order valence-corrected chi connectivity index (χ2v) is 3.99. The molecule has 2 heterocycles. The average Bonchev–Trinajstić information content (AvgIpc) is 2.69. The fourth-order valence-corrected chi connectivity index (χ4v) is 2.35. The van der Waals surface area contributed by atoms with Crippen LogP contribution in [0.15, 0.2) is 0 Å². The molecule has 80 valence electrons. The van der Waals surface area contributed by atoms with Crippen LogP contribution in [0.5, 0.6) is 0 Å². The van der Waals surface area contributed by atoms with Crippen LogP contribution in [0.4, 0.5) is 4.79 Å². The third kappa shape index (κ3) is 1.69. The van der Waals surface area contributed by atoms with E-state index >= 15 is 0 Å². The SMILES string of the molecule is COC(=O)ON1CC2CCN(C)C2C1. The molecular formula is C9H16N2O3. The van der Waals surface area contributed by atoms with Gasteiger partial charge in [-0.05, 0) is 25.9 Å². The largest absolute Gasteiger partial charge is 0.527 e. The van der Waals surface area contributed by atoms with Crippen molar-refractivity contribution in [1.82, 2.24) is 9.96 Å². The molecule has 5 nitrogen and oxygen atoms in total. The quantitative estimate of drug-likeness (QED) is 0.570. The van der Waals surface area contributed by atoms with Gasteiger partial charge in [-0.25, -0.2) is 4.79 Å². The number of methoxy groups -OCH3 is 1. The van der Waals surface area contributed by atoms with Gasteiger partial charge in [0.2, 0.25) is 0 Å². The molecule has 0 amide bonds. The Labute approximate surface area is 83.5 Å². The van der Waals surface area contributed by atoms with Gasteiger partial charge in [-0.15, -0.1) is 5.06 Å². The molecule has 0 aliphatic carbocycles. The Kier molecular flexibility index (Phi) is 2.60. The van der Waals surface area contributed by atoms with Crippen LogP contribution < -0.4 is 0 Å². The number of rotatable bonds is 1. The van der Waals surface area contributed by atoms with Gasteiger partial charge < -0.3 is 14.5 Å². The number of fused-ring (bicyclic) bond motifs is 1. The Morgan fingerprint density at radius 1 is 1.43 bits per heavy atom. The van der Waals surface area contributed by atoms with Crippen LogP contribution in [-0.4, -0.2) is 56.0 Å². The molecule has 2 atom stereocenters. The zero-order valence-electron chi connectivity index (χ0n) is 8.60. The van der Waals surface area contributed by atoms with Gasteiger partial charge in [0, 0.05) is 12.6 Å². The molecule has 0 saturated carbocycles. The molecule has 2 aliphatic rings. The summed E-state index contributed by atoms with van der Waals surface area (Å²) in [6.45, 7) is 2.79. The molecule has 0 bridgehead atoms. The minimum atomic E-state index is -0.618. The Hall–Kier alpha value is -0.810. The summed E-state index contributed by atoms with van der Waals surface area (Å²) in [4.78, 5) is 18.2. The van der Waals surface area contributed by atoms with Crippen molar-refractivity contribution >= 4 is 6.16 Å². The predicted octanol–water partition coefficient (Wildman–Crippen LogP) is 0.320. The molecule has 2 rings (SSSR count). The number of likely N-dealkylation sites (N-methyl/N-ethyl adjacent to an activating group) is 1. The summed E-state index contributed by atoms with van der Waals surface area (Å²) >= 11 is 0. The zero-order chi connectivity index (χ0) is 10.1. The van der Waals surface area contributed by atoms with Crippen molar-refractivity contribution in [3.63, 3.8) is 0 Å². The Balaban J connectivity index is 1.86. The van der Waals surface area contributed by atoms with E-state index in [4.69, 9.17) is 4.84 Å². The van der Waals surface area contributed by atoms with Crippen LogP contribution in [0, 0.1) is 5.92 Å². The first kappa shape index (κ1) is 9.73. The highest BCUT2D eigenvalue weighted by Crippen LogP contribution is 2.30. The topological polar surface area (TPSA) is 42.0 Å². The monoisotopic (exact) mass is 200 g/mol. The molecule has 0 aromatic carbocycles. The van der Waals surface area contributed by atoms with Gasteiger partial charge in [0.25, 0.3) is 0 Å². The first-order chi connectivity index (χ1) is 6.70. The van der Waals surface area contributed by atoms with Crippen molar-refractivity contribution in [1.29, 1.82) is 0 Å². The summed E-state index contributed by atoms with van der Waals surface area (Å²) in [6.07, 6.45) is 0.579. The molecule has 2 unspecified atom stereocenters. The van der Waals surface area contributed by atoms with Crippen LogP contribution in [0.25, 0.3) is 0 Å². The molecule has 0 aromatic heterocycles. The molecule has 0 radical (unpaired) electrons. The van der Waals surface area contributed by atoms with Gasteiger partial charge in [0.05, 0.1) is 13.7 Å². The van der Waals surface area contributed by atoms with E-state index in [2.05, 4.69) is 16.7 Å². The van der Waals surface area contributed by atoms with E-state index in [9.17, 15) is 4.79 Å². The third-order valence-corrected chi connectivity index (χ3v) is 3.16. The summed E-state index contributed by atoms with van der Waals surface area (Å²) in [5, 5.41) is 1.71. The Morgan fingerprint density at radius 2 is 2.21 bits per heavy atom. The Bertz CT molecular complexity index is 234. The fraction of sp³-hybridized carbons (Fsp3) is 0.889. The molecule has 5 heteroatoms. The maximum absolute atomic E-state index is 10.9. The number of hydroxylamine groups is 2. The van der Waals surface area contributed by atoms with Gasteiger partial charge >= 0.3 is 6.16 Å². The number of hydrogen-bond acceptors (Lipinski definition) is 5. The number of carbonyl (C=O) groups is 1. The van der Waals surface area contributed by atoms with Gasteiger partial charge in [-0.2, -0.15) is 0 Å². The van der Waals surface area contributed by atoms with Gasteiger partial charge in [-0.3, -0.25) is 0 Å². The van der Waals surface area contributed by atoms with Crippen LogP contribution in [-0.2, 0) is 9.57 Å². The standard InChI is InChI=1S/C9H16N2O3/c1-10-4-3-7-5-11(6-8(7)10)14-9(12)13-2/h7-8H,3-6H2,1-2H3. The highest BCUT2D eigenvalue weighted by molar-refractivity contribution is 5.59. The van der Waals surface area contributed by atoms with Crippen LogP contribution >= 0.6 is 0 Å². The van der Waals surface area contributed by atoms with E-state index in [1.165, 1.54) is 13.5 Å². The van der Waals surface area contributed by atoms with E-state index in [-0.39, 0.29) is 0 Å². The fourth-order valence-electron chi connectivity index (χ4n) is 2.35. The maximum atomic E-state index is 10.9. The van der Waals surface area contributed by atoms with Crippen molar-refractivity contribution in [2.45, 2.75) is 12.5 Å². The van der Waals surface area contributed by atoms with Crippen LogP contribution in [0.2, 0.25) is 0 Å². The summed E-state index contributed by atoms with van der Waals surface area (Å²) < 4.78 is 4.44. The summed E-state index contributed by atoms with van der Waals surface area (Å²) in [5.41, 5.74) is 0. The van der Waals surface area contributed by atoms with E-state index in [0.717, 1.165) is 19.6 Å². The number of likely N-dealkylation sites (tertiary alicyclic amines) is 1. The summed E-state index contributed by atoms with van der Waals surface area (Å²) in [5.74, 6) is 0.643. The molecule has 0 spiro atoms. The Morgan fingerprint density at radius 3 is 2.86 bits per heavy atom. The third-order valence-electron chi connectivity index (χ3n) is 3.16. The van der Waals surface area contributed by atoms with Crippen LogP contribution in [0.3, 0.4) is 0 Å². The van der Waals surface area contributed by atoms with Crippen molar-refractivity contribution in [3.05, 3.63) is 0 Å². The summed E-state index contributed by atoms with van der Waals surface area (Å²) in [6, 6.07) is 0.541. The molecule has 2 aliphatic heterocycles. The molecule has 0 N–H and O–H groups in total. The van der Waals surface area contributed by atoms with Crippen molar-refractivity contribution in [2.24, 2.45) is 5.92 Å². The first-order valence-electron chi connectivity index (χ1n) is 4.92. The minimum Gasteiger partial charge on any atom is -0.436 e. The molecule has 0 aromatic rings. The van der Waals surface area contributed by atoms with Crippen molar-refractivity contribution in [3.8, 4) is 0 Å². The van der Waals surface area contributed by atoms with E-state index in [1.807, 2.05) is 0 Å². The maximum Gasteiger partial charge on any atom is 0.527 e. The molecular weight excluding hydrogens is 184 g/mol. The normalized spacial score (nSPS) is 33.0. The number of ether oxygens (including phenoxy) is 1. The van der Waals surface area contributed by atoms with E-state index < -0.39 is 6.16 Å². The van der Waals surface area contributed by atoms with Crippen LogP contribution in [0.1, 0.15) is 6.42 Å². The van der Waals surface area contributed by atoms with E-state index in [0.29, 0.717) is 12.0 Å². The predicted molar refractivity (Wildman–Crippen MR) is 49.6 cm³/mol. The number of hydrogen-bond donors (Lipinski definition) is 0. The van der Waals surface area contributed by atoms with Crippen molar-refractivity contribution in [2.75, 3.05) is 33.8 Å². The second kappa shape index (κ2) is 3.74. The minimum absolute atomic E-state index is 0.541. The van der Waals surface area contributed by atoms with Gasteiger partial charge in [-0.1, -0.05) is 0 Å². The smallest absolute Gasteiger partial charge is 0.436 e. The first-order valence-corrected chi connectivity index (χ1v) is 4.92. The average molecular weight is 200 g/mol. The van der Waals surface area contributed by atoms with Crippen molar-refractivity contribution < 1.29 is 14.4 Å². The number of carbonyl (C=O) groups excluding carboxylic acids is 1. The lowest BCUT2D eigenvalue weighted by molar-refractivity contribution is -0.113. The molecule has 2 fully saturated rings. The highest BCUT2D eigenvalue weighted by atomic mass is 16.8.